The normalized spacial score (nSPS) is 27.9. The molecule has 2 nitrogen and oxygen atoms in total. The van der Waals surface area contributed by atoms with Gasteiger partial charge < -0.3 is 10.5 Å². The molecule has 1 rings (SSSR count). The number of ether oxygens (including phenoxy) is 1. The van der Waals surface area contributed by atoms with E-state index in [1.165, 1.54) is 37.9 Å². The minimum atomic E-state index is 0.774. The molecule has 14 heavy (non-hydrogen) atoms. The Bertz CT molecular complexity index is 143. The zero-order valence-electron chi connectivity index (χ0n) is 9.21. The van der Waals surface area contributed by atoms with Crippen LogP contribution in [-0.4, -0.2) is 31.3 Å². The molecule has 0 radical (unpaired) electrons. The van der Waals surface area contributed by atoms with Crippen LogP contribution in [0.15, 0.2) is 0 Å². The van der Waals surface area contributed by atoms with Crippen LogP contribution in [0.3, 0.4) is 0 Å². The first-order chi connectivity index (χ1) is 6.88. The van der Waals surface area contributed by atoms with Crippen LogP contribution in [0.25, 0.3) is 0 Å². The van der Waals surface area contributed by atoms with E-state index in [0.717, 1.165) is 24.3 Å². The van der Waals surface area contributed by atoms with Crippen LogP contribution in [0.4, 0.5) is 0 Å². The lowest BCUT2D eigenvalue weighted by atomic mass is 9.89. The Morgan fingerprint density at radius 2 is 2.14 bits per heavy atom. The lowest BCUT2D eigenvalue weighted by Gasteiger charge is -2.30. The second kappa shape index (κ2) is 7.55. The summed E-state index contributed by atoms with van der Waals surface area (Å²) in [5, 5.41) is 0.825. The van der Waals surface area contributed by atoms with Crippen LogP contribution in [0.1, 0.15) is 32.1 Å². The van der Waals surface area contributed by atoms with Gasteiger partial charge in [-0.25, -0.2) is 0 Å². The van der Waals surface area contributed by atoms with Gasteiger partial charge in [0, 0.05) is 19.0 Å². The highest BCUT2D eigenvalue weighted by Gasteiger charge is 2.23. The third-order valence-electron chi connectivity index (χ3n) is 2.97. The first kappa shape index (κ1) is 12.3. The third kappa shape index (κ3) is 4.20. The molecule has 0 aromatic heterocycles. The lowest BCUT2D eigenvalue weighted by Crippen LogP contribution is -2.29. The van der Waals surface area contributed by atoms with E-state index in [1.54, 1.807) is 7.11 Å². The van der Waals surface area contributed by atoms with Gasteiger partial charge in [-0.2, -0.15) is 11.8 Å². The summed E-state index contributed by atoms with van der Waals surface area (Å²) in [4.78, 5) is 0. The summed E-state index contributed by atoms with van der Waals surface area (Å²) in [5.41, 5.74) is 5.79. The monoisotopic (exact) mass is 217 g/mol. The van der Waals surface area contributed by atoms with E-state index in [0.29, 0.717) is 0 Å². The van der Waals surface area contributed by atoms with Gasteiger partial charge in [-0.1, -0.05) is 12.8 Å². The van der Waals surface area contributed by atoms with Crippen molar-refractivity contribution in [1.29, 1.82) is 0 Å². The maximum Gasteiger partial charge on any atom is 0.0470 e. The van der Waals surface area contributed by atoms with Crippen molar-refractivity contribution in [3.63, 3.8) is 0 Å². The molecule has 84 valence electrons. The summed E-state index contributed by atoms with van der Waals surface area (Å²) in [7, 11) is 1.77. The van der Waals surface area contributed by atoms with E-state index in [-0.39, 0.29) is 0 Å². The standard InChI is InChI=1S/C11H23NOS/c1-13-7-4-8-14-11-6-3-2-5-10(11)9-12/h10-11H,2-9,12H2,1H3. The summed E-state index contributed by atoms with van der Waals surface area (Å²) in [5.74, 6) is 2.01. The van der Waals surface area contributed by atoms with Gasteiger partial charge in [0.1, 0.15) is 0 Å². The van der Waals surface area contributed by atoms with Crippen molar-refractivity contribution in [2.45, 2.75) is 37.4 Å². The molecule has 3 heteroatoms. The summed E-state index contributed by atoms with van der Waals surface area (Å²) in [6.45, 7) is 1.77. The molecule has 0 bridgehead atoms. The first-order valence-corrected chi connectivity index (χ1v) is 6.74. The van der Waals surface area contributed by atoms with Crippen LogP contribution in [0, 0.1) is 5.92 Å². The van der Waals surface area contributed by atoms with E-state index in [1.807, 2.05) is 0 Å². The van der Waals surface area contributed by atoms with Gasteiger partial charge in [0.25, 0.3) is 0 Å². The smallest absolute Gasteiger partial charge is 0.0470 e. The van der Waals surface area contributed by atoms with Crippen LogP contribution in [-0.2, 0) is 4.74 Å². The second-order valence-corrected chi connectivity index (χ2v) is 5.38. The Morgan fingerprint density at radius 1 is 1.36 bits per heavy atom. The van der Waals surface area contributed by atoms with Crippen LogP contribution >= 0.6 is 11.8 Å². The molecule has 2 atom stereocenters. The minimum Gasteiger partial charge on any atom is -0.385 e. The van der Waals surface area contributed by atoms with Crippen molar-refractivity contribution in [3.05, 3.63) is 0 Å². The van der Waals surface area contributed by atoms with Crippen molar-refractivity contribution in [2.75, 3.05) is 26.0 Å². The zero-order valence-corrected chi connectivity index (χ0v) is 10.0. The fourth-order valence-electron chi connectivity index (χ4n) is 2.10. The molecule has 2 N–H and O–H groups in total. The largest absolute Gasteiger partial charge is 0.385 e. The summed E-state index contributed by atoms with van der Waals surface area (Å²) >= 11 is 2.11. The number of hydrogen-bond acceptors (Lipinski definition) is 3. The Labute approximate surface area is 92.0 Å². The van der Waals surface area contributed by atoms with Crippen molar-refractivity contribution < 1.29 is 4.74 Å². The minimum absolute atomic E-state index is 0.774. The summed E-state index contributed by atoms with van der Waals surface area (Å²) < 4.78 is 5.05. The fourth-order valence-corrected chi connectivity index (χ4v) is 3.54. The first-order valence-electron chi connectivity index (χ1n) is 5.69. The Balaban J connectivity index is 2.13. The molecule has 0 saturated heterocycles. The molecule has 0 aliphatic heterocycles. The van der Waals surface area contributed by atoms with E-state index in [9.17, 15) is 0 Å². The van der Waals surface area contributed by atoms with Crippen molar-refractivity contribution in [1.82, 2.24) is 0 Å². The Morgan fingerprint density at radius 3 is 2.86 bits per heavy atom. The average Bonchev–Trinajstić information content (AvgIpc) is 2.25. The average molecular weight is 217 g/mol. The molecule has 1 saturated carbocycles. The van der Waals surface area contributed by atoms with E-state index in [2.05, 4.69) is 11.8 Å². The molecule has 0 aromatic carbocycles. The van der Waals surface area contributed by atoms with Crippen LogP contribution in [0.2, 0.25) is 0 Å². The highest BCUT2D eigenvalue weighted by Crippen LogP contribution is 2.32. The number of thioether (sulfide) groups is 1. The molecule has 0 aromatic rings. The number of nitrogens with two attached hydrogens (primary N) is 1. The predicted molar refractivity (Wildman–Crippen MR) is 63.8 cm³/mol. The SMILES string of the molecule is COCCCSC1CCCCC1CN. The zero-order chi connectivity index (χ0) is 10.2. The summed E-state index contributed by atoms with van der Waals surface area (Å²) in [6, 6.07) is 0. The highest BCUT2D eigenvalue weighted by atomic mass is 32.2. The maximum absolute atomic E-state index is 5.79. The van der Waals surface area contributed by atoms with Crippen molar-refractivity contribution in [3.8, 4) is 0 Å². The number of methoxy groups -OCH3 is 1. The van der Waals surface area contributed by atoms with Gasteiger partial charge in [0.15, 0.2) is 0 Å². The third-order valence-corrected chi connectivity index (χ3v) is 4.54. The molecule has 1 fully saturated rings. The van der Waals surface area contributed by atoms with Gasteiger partial charge in [0.05, 0.1) is 0 Å². The molecule has 1 aliphatic carbocycles. The van der Waals surface area contributed by atoms with Crippen molar-refractivity contribution in [2.24, 2.45) is 11.7 Å². The van der Waals surface area contributed by atoms with Gasteiger partial charge >= 0.3 is 0 Å². The van der Waals surface area contributed by atoms with Gasteiger partial charge in [-0.15, -0.1) is 0 Å². The van der Waals surface area contributed by atoms with Crippen molar-refractivity contribution >= 4 is 11.8 Å². The molecular weight excluding hydrogens is 194 g/mol. The van der Waals surface area contributed by atoms with Gasteiger partial charge in [-0.3, -0.25) is 0 Å². The fraction of sp³-hybridized carbons (Fsp3) is 1.00. The van der Waals surface area contributed by atoms with E-state index < -0.39 is 0 Å². The van der Waals surface area contributed by atoms with E-state index >= 15 is 0 Å². The number of hydrogen-bond donors (Lipinski definition) is 1. The van der Waals surface area contributed by atoms with E-state index in [4.69, 9.17) is 10.5 Å². The molecule has 0 spiro atoms. The predicted octanol–water partition coefficient (Wildman–Crippen LogP) is 2.27. The maximum atomic E-state index is 5.79. The molecule has 1 aliphatic rings. The quantitative estimate of drug-likeness (QED) is 0.693. The topological polar surface area (TPSA) is 35.2 Å². The van der Waals surface area contributed by atoms with Crippen LogP contribution in [0.5, 0.6) is 0 Å². The molecule has 0 heterocycles. The van der Waals surface area contributed by atoms with Crippen LogP contribution < -0.4 is 5.73 Å². The molecular formula is C11H23NOS. The molecule has 0 amide bonds. The van der Waals surface area contributed by atoms with Gasteiger partial charge in [0.2, 0.25) is 0 Å². The number of rotatable bonds is 6. The highest BCUT2D eigenvalue weighted by molar-refractivity contribution is 7.99. The Hall–Kier alpha value is 0.270. The molecule has 2 unspecified atom stereocenters. The summed E-state index contributed by atoms with van der Waals surface area (Å²) in [6.07, 6.45) is 6.68. The Kier molecular flexibility index (Phi) is 6.65. The lowest BCUT2D eigenvalue weighted by molar-refractivity contribution is 0.200. The second-order valence-electron chi connectivity index (χ2n) is 4.04. The van der Waals surface area contributed by atoms with Gasteiger partial charge in [-0.05, 0) is 37.5 Å².